The summed E-state index contributed by atoms with van der Waals surface area (Å²) < 4.78 is 0. The molecule has 1 aliphatic heterocycles. The smallest absolute Gasteiger partial charge is 0.254 e. The number of nitrogens with two attached hydrogens (primary N) is 1. The van der Waals surface area contributed by atoms with Crippen molar-refractivity contribution in [3.8, 4) is 5.75 Å². The van der Waals surface area contributed by atoms with Crippen LogP contribution >= 0.6 is 0 Å². The fourth-order valence-electron chi connectivity index (χ4n) is 3.20. The Balaban J connectivity index is 2.00. The van der Waals surface area contributed by atoms with Crippen molar-refractivity contribution in [2.75, 3.05) is 32.7 Å². The molecule has 1 aromatic rings. The molecular formula is C18H27N3O3. The van der Waals surface area contributed by atoms with Gasteiger partial charge in [-0.15, -0.1) is 0 Å². The van der Waals surface area contributed by atoms with Crippen molar-refractivity contribution in [2.45, 2.75) is 26.7 Å². The van der Waals surface area contributed by atoms with Gasteiger partial charge in [0.1, 0.15) is 5.75 Å². The number of phenolic OH excluding ortho intramolecular Hbond substituents is 1. The Morgan fingerprint density at radius 1 is 1.12 bits per heavy atom. The first-order chi connectivity index (χ1) is 11.5. The predicted octanol–water partition coefficient (Wildman–Crippen LogP) is 1.44. The molecule has 0 aliphatic carbocycles. The number of benzene rings is 1. The maximum atomic E-state index is 12.8. The van der Waals surface area contributed by atoms with Gasteiger partial charge in [0.05, 0.1) is 5.41 Å². The third kappa shape index (κ3) is 3.53. The maximum absolute atomic E-state index is 12.8. The second-order valence-corrected chi connectivity index (χ2v) is 6.33. The van der Waals surface area contributed by atoms with Gasteiger partial charge in [0.15, 0.2) is 0 Å². The van der Waals surface area contributed by atoms with E-state index in [1.165, 1.54) is 12.1 Å². The Morgan fingerprint density at radius 3 is 2.21 bits per heavy atom. The number of piperazine rings is 1. The summed E-state index contributed by atoms with van der Waals surface area (Å²) in [5.41, 5.74) is 5.84. The van der Waals surface area contributed by atoms with Gasteiger partial charge in [-0.25, -0.2) is 0 Å². The minimum absolute atomic E-state index is 0.0771. The summed E-state index contributed by atoms with van der Waals surface area (Å²) in [7, 11) is 0. The van der Waals surface area contributed by atoms with E-state index in [0.29, 0.717) is 38.3 Å². The fourth-order valence-corrected chi connectivity index (χ4v) is 3.20. The number of hydrogen-bond acceptors (Lipinski definition) is 4. The van der Waals surface area contributed by atoms with Crippen LogP contribution < -0.4 is 5.73 Å². The van der Waals surface area contributed by atoms with Gasteiger partial charge in [-0.1, -0.05) is 19.9 Å². The van der Waals surface area contributed by atoms with Gasteiger partial charge in [0.25, 0.3) is 5.91 Å². The average Bonchev–Trinajstić information content (AvgIpc) is 2.63. The fraction of sp³-hybridized carbons (Fsp3) is 0.556. The summed E-state index contributed by atoms with van der Waals surface area (Å²) in [4.78, 5) is 28.8. The van der Waals surface area contributed by atoms with E-state index in [2.05, 4.69) is 0 Å². The van der Waals surface area contributed by atoms with E-state index in [-0.39, 0.29) is 17.6 Å². The van der Waals surface area contributed by atoms with Crippen molar-refractivity contribution in [2.24, 2.45) is 11.1 Å². The lowest BCUT2D eigenvalue weighted by atomic mass is 9.81. The summed E-state index contributed by atoms with van der Waals surface area (Å²) in [6.45, 7) is 6.37. The molecule has 1 fully saturated rings. The van der Waals surface area contributed by atoms with Crippen molar-refractivity contribution >= 4 is 11.8 Å². The molecule has 1 aromatic carbocycles. The SMILES string of the molecule is CCC(CC)(CN)C(=O)N1CCN(C(=O)c2cccc(O)c2)CC1. The minimum atomic E-state index is -0.489. The summed E-state index contributed by atoms with van der Waals surface area (Å²) >= 11 is 0. The number of carbonyl (C=O) groups is 2. The molecule has 0 radical (unpaired) electrons. The highest BCUT2D eigenvalue weighted by Gasteiger charge is 2.38. The molecule has 0 spiro atoms. The summed E-state index contributed by atoms with van der Waals surface area (Å²) in [6, 6.07) is 6.34. The van der Waals surface area contributed by atoms with E-state index in [1.807, 2.05) is 18.7 Å². The van der Waals surface area contributed by atoms with Gasteiger partial charge in [0.2, 0.25) is 5.91 Å². The van der Waals surface area contributed by atoms with Crippen molar-refractivity contribution < 1.29 is 14.7 Å². The largest absolute Gasteiger partial charge is 0.508 e. The third-order valence-electron chi connectivity index (χ3n) is 5.15. The highest BCUT2D eigenvalue weighted by atomic mass is 16.3. The van der Waals surface area contributed by atoms with Gasteiger partial charge in [-0.05, 0) is 31.0 Å². The van der Waals surface area contributed by atoms with Crippen LogP contribution in [0, 0.1) is 5.41 Å². The van der Waals surface area contributed by atoms with E-state index >= 15 is 0 Å². The van der Waals surface area contributed by atoms with E-state index in [1.54, 1.807) is 17.0 Å². The number of nitrogens with zero attached hydrogens (tertiary/aromatic N) is 2. The van der Waals surface area contributed by atoms with Crippen LogP contribution in [0.15, 0.2) is 24.3 Å². The van der Waals surface area contributed by atoms with Crippen molar-refractivity contribution in [1.82, 2.24) is 9.80 Å². The maximum Gasteiger partial charge on any atom is 0.254 e. The summed E-state index contributed by atoms with van der Waals surface area (Å²) in [6.07, 6.45) is 1.45. The number of amides is 2. The quantitative estimate of drug-likeness (QED) is 0.854. The third-order valence-corrected chi connectivity index (χ3v) is 5.15. The Labute approximate surface area is 143 Å². The first kappa shape index (κ1) is 18.3. The highest BCUT2D eigenvalue weighted by molar-refractivity contribution is 5.94. The van der Waals surface area contributed by atoms with Gasteiger partial charge in [0, 0.05) is 38.3 Å². The van der Waals surface area contributed by atoms with Crippen molar-refractivity contribution in [3.05, 3.63) is 29.8 Å². The van der Waals surface area contributed by atoms with Crippen LogP contribution in [0.25, 0.3) is 0 Å². The molecule has 6 heteroatoms. The number of rotatable bonds is 5. The second-order valence-electron chi connectivity index (χ2n) is 6.33. The van der Waals surface area contributed by atoms with E-state index in [0.717, 1.165) is 12.8 Å². The molecule has 0 unspecified atom stereocenters. The number of phenols is 1. The van der Waals surface area contributed by atoms with E-state index in [4.69, 9.17) is 5.73 Å². The molecule has 24 heavy (non-hydrogen) atoms. The standard InChI is InChI=1S/C18H27N3O3/c1-3-18(4-2,13-19)17(24)21-10-8-20(9-11-21)16(23)14-6-5-7-15(22)12-14/h5-7,12,22H,3-4,8-11,13,19H2,1-2H3. The van der Waals surface area contributed by atoms with E-state index in [9.17, 15) is 14.7 Å². The zero-order chi connectivity index (χ0) is 17.7. The van der Waals surface area contributed by atoms with Crippen LogP contribution in [0.1, 0.15) is 37.0 Å². The predicted molar refractivity (Wildman–Crippen MR) is 92.7 cm³/mol. The molecule has 1 heterocycles. The lowest BCUT2D eigenvalue weighted by Gasteiger charge is -2.40. The van der Waals surface area contributed by atoms with Crippen LogP contribution in [0.4, 0.5) is 0 Å². The lowest BCUT2D eigenvalue weighted by Crippen LogP contribution is -2.55. The molecule has 0 aromatic heterocycles. The normalized spacial score (nSPS) is 15.5. The molecule has 1 aliphatic rings. The monoisotopic (exact) mass is 333 g/mol. The number of carbonyl (C=O) groups excluding carboxylic acids is 2. The summed E-state index contributed by atoms with van der Waals surface area (Å²) in [5.74, 6) is 0.0572. The Hall–Kier alpha value is -2.08. The molecule has 132 valence electrons. The molecule has 2 rings (SSSR count). The molecule has 2 amide bonds. The number of hydrogen-bond donors (Lipinski definition) is 2. The lowest BCUT2D eigenvalue weighted by molar-refractivity contribution is -0.143. The van der Waals surface area contributed by atoms with Crippen LogP contribution in [-0.4, -0.2) is 59.4 Å². The van der Waals surface area contributed by atoms with Crippen LogP contribution in [0.3, 0.4) is 0 Å². The molecule has 3 N–H and O–H groups in total. The van der Waals surface area contributed by atoms with Crippen LogP contribution in [-0.2, 0) is 4.79 Å². The van der Waals surface area contributed by atoms with E-state index < -0.39 is 5.41 Å². The Bertz CT molecular complexity index is 583. The topological polar surface area (TPSA) is 86.9 Å². The van der Waals surface area contributed by atoms with Crippen molar-refractivity contribution in [1.29, 1.82) is 0 Å². The van der Waals surface area contributed by atoms with Gasteiger partial charge in [-0.2, -0.15) is 0 Å². The van der Waals surface area contributed by atoms with Crippen LogP contribution in [0.5, 0.6) is 5.75 Å². The highest BCUT2D eigenvalue weighted by Crippen LogP contribution is 2.28. The van der Waals surface area contributed by atoms with Crippen LogP contribution in [0.2, 0.25) is 0 Å². The minimum Gasteiger partial charge on any atom is -0.508 e. The number of aromatic hydroxyl groups is 1. The summed E-state index contributed by atoms with van der Waals surface area (Å²) in [5, 5.41) is 9.51. The Morgan fingerprint density at radius 2 is 1.71 bits per heavy atom. The van der Waals surface area contributed by atoms with Gasteiger partial charge in [-0.3, -0.25) is 9.59 Å². The average molecular weight is 333 g/mol. The second kappa shape index (κ2) is 7.66. The van der Waals surface area contributed by atoms with Gasteiger partial charge < -0.3 is 20.6 Å². The first-order valence-electron chi connectivity index (χ1n) is 8.55. The molecule has 1 saturated heterocycles. The molecular weight excluding hydrogens is 306 g/mol. The molecule has 0 saturated carbocycles. The zero-order valence-corrected chi connectivity index (χ0v) is 14.5. The van der Waals surface area contributed by atoms with Crippen molar-refractivity contribution in [3.63, 3.8) is 0 Å². The zero-order valence-electron chi connectivity index (χ0n) is 14.5. The van der Waals surface area contributed by atoms with Gasteiger partial charge >= 0.3 is 0 Å². The Kier molecular flexibility index (Phi) is 5.83. The molecule has 6 nitrogen and oxygen atoms in total. The molecule has 0 bridgehead atoms. The first-order valence-corrected chi connectivity index (χ1v) is 8.55. The molecule has 0 atom stereocenters.